The van der Waals surface area contributed by atoms with E-state index in [1.807, 2.05) is 32.2 Å². The number of rotatable bonds is 5. The van der Waals surface area contributed by atoms with E-state index < -0.39 is 0 Å². The Kier molecular flexibility index (Phi) is 4.50. The number of carbonyl (C=O) groups is 1. The van der Waals surface area contributed by atoms with Gasteiger partial charge in [0.25, 0.3) is 0 Å². The van der Waals surface area contributed by atoms with E-state index in [0.717, 1.165) is 17.1 Å². The number of hydrogen-bond acceptors (Lipinski definition) is 5. The summed E-state index contributed by atoms with van der Waals surface area (Å²) in [5, 5.41) is 1.07. The second kappa shape index (κ2) is 6.12. The van der Waals surface area contributed by atoms with Gasteiger partial charge in [0.05, 0.1) is 29.8 Å². The average Bonchev–Trinajstić information content (AvgIpc) is 2.79. The van der Waals surface area contributed by atoms with Crippen molar-refractivity contribution in [2.24, 2.45) is 5.92 Å². The Morgan fingerprint density at radius 3 is 2.89 bits per heavy atom. The van der Waals surface area contributed by atoms with Gasteiger partial charge in [-0.2, -0.15) is 0 Å². The van der Waals surface area contributed by atoms with E-state index in [1.165, 1.54) is 11.8 Å². The number of aromatic nitrogens is 1. The zero-order chi connectivity index (χ0) is 13.8. The van der Waals surface area contributed by atoms with Crippen LogP contribution < -0.4 is 0 Å². The van der Waals surface area contributed by atoms with Gasteiger partial charge >= 0.3 is 5.97 Å². The molecule has 0 N–H and O–H groups in total. The maximum atomic E-state index is 11.4. The first-order valence-electron chi connectivity index (χ1n) is 6.21. The number of nitrogens with zero attached hydrogens (tertiary/aromatic N) is 2. The third-order valence-electron chi connectivity index (χ3n) is 2.93. The first-order valence-corrected chi connectivity index (χ1v) is 7.02. The van der Waals surface area contributed by atoms with Gasteiger partial charge in [0.2, 0.25) is 0 Å². The van der Waals surface area contributed by atoms with Crippen LogP contribution in [-0.4, -0.2) is 36.6 Å². The van der Waals surface area contributed by atoms with Gasteiger partial charge in [0.1, 0.15) is 5.01 Å². The van der Waals surface area contributed by atoms with Crippen molar-refractivity contribution < 1.29 is 9.53 Å². The third-order valence-corrected chi connectivity index (χ3v) is 3.95. The number of fused-ring (bicyclic) bond motifs is 1. The highest BCUT2D eigenvalue weighted by atomic mass is 32.1. The Bertz CT molecular complexity index is 534. The van der Waals surface area contributed by atoms with Gasteiger partial charge in [-0.3, -0.25) is 9.69 Å². The Labute approximate surface area is 117 Å². The summed E-state index contributed by atoms with van der Waals surface area (Å²) in [6.07, 6.45) is 0. The van der Waals surface area contributed by atoms with Gasteiger partial charge in [0, 0.05) is 6.54 Å². The van der Waals surface area contributed by atoms with E-state index >= 15 is 0 Å². The zero-order valence-corrected chi connectivity index (χ0v) is 12.2. The highest BCUT2D eigenvalue weighted by molar-refractivity contribution is 7.18. The first kappa shape index (κ1) is 14.0. The molecule has 0 fully saturated rings. The van der Waals surface area contributed by atoms with Crippen LogP contribution in [0, 0.1) is 5.92 Å². The number of para-hydroxylation sites is 1. The fourth-order valence-corrected chi connectivity index (χ4v) is 3.07. The summed E-state index contributed by atoms with van der Waals surface area (Å²) in [5.41, 5.74) is 1.04. The van der Waals surface area contributed by atoms with E-state index in [2.05, 4.69) is 16.0 Å². The Morgan fingerprint density at radius 2 is 2.21 bits per heavy atom. The largest absolute Gasteiger partial charge is 0.469 e. The van der Waals surface area contributed by atoms with Crippen LogP contribution in [0.1, 0.15) is 11.9 Å². The number of methoxy groups -OCH3 is 1. The SMILES string of the molecule is COC(=O)C(C)CN(C)Cc1nc2ccccc2s1. The van der Waals surface area contributed by atoms with Gasteiger partial charge in [-0.15, -0.1) is 11.3 Å². The summed E-state index contributed by atoms with van der Waals surface area (Å²) in [5.74, 6) is -0.291. The molecule has 0 aliphatic carbocycles. The second-order valence-corrected chi connectivity index (χ2v) is 5.81. The lowest BCUT2D eigenvalue weighted by atomic mass is 10.2. The van der Waals surface area contributed by atoms with Crippen LogP contribution in [0.25, 0.3) is 10.2 Å². The molecule has 1 atom stereocenters. The van der Waals surface area contributed by atoms with Crippen LogP contribution in [0.15, 0.2) is 24.3 Å². The first-order chi connectivity index (χ1) is 9.10. The summed E-state index contributed by atoms with van der Waals surface area (Å²) in [6.45, 7) is 3.30. The molecule has 0 saturated carbocycles. The van der Waals surface area contributed by atoms with Crippen LogP contribution in [0.3, 0.4) is 0 Å². The molecule has 2 rings (SSSR count). The molecule has 0 radical (unpaired) electrons. The Morgan fingerprint density at radius 1 is 1.47 bits per heavy atom. The van der Waals surface area contributed by atoms with Crippen LogP contribution in [-0.2, 0) is 16.1 Å². The van der Waals surface area contributed by atoms with Crippen molar-refractivity contribution in [3.8, 4) is 0 Å². The van der Waals surface area contributed by atoms with E-state index in [0.29, 0.717) is 6.54 Å². The topological polar surface area (TPSA) is 42.4 Å². The van der Waals surface area contributed by atoms with Crippen LogP contribution in [0.2, 0.25) is 0 Å². The normalized spacial score (nSPS) is 12.8. The second-order valence-electron chi connectivity index (χ2n) is 4.70. The number of ether oxygens (including phenoxy) is 1. The van der Waals surface area contributed by atoms with Crippen molar-refractivity contribution in [1.29, 1.82) is 0 Å². The molecule has 0 aliphatic rings. The molecule has 0 spiro atoms. The molecule has 1 aromatic heterocycles. The van der Waals surface area contributed by atoms with Crippen molar-refractivity contribution in [1.82, 2.24) is 9.88 Å². The van der Waals surface area contributed by atoms with E-state index in [9.17, 15) is 4.79 Å². The predicted octanol–water partition coefficient (Wildman–Crippen LogP) is 2.54. The highest BCUT2D eigenvalue weighted by Gasteiger charge is 2.16. The van der Waals surface area contributed by atoms with Crippen LogP contribution in [0.5, 0.6) is 0 Å². The van der Waals surface area contributed by atoms with Gasteiger partial charge in [-0.25, -0.2) is 4.98 Å². The molecular formula is C14H18N2O2S. The summed E-state index contributed by atoms with van der Waals surface area (Å²) in [6, 6.07) is 8.11. The maximum absolute atomic E-state index is 11.4. The molecule has 0 saturated heterocycles. The van der Waals surface area contributed by atoms with Crippen molar-refractivity contribution in [2.45, 2.75) is 13.5 Å². The zero-order valence-electron chi connectivity index (χ0n) is 11.4. The molecular weight excluding hydrogens is 260 g/mol. The molecule has 0 aliphatic heterocycles. The monoisotopic (exact) mass is 278 g/mol. The standard InChI is InChI=1S/C14H18N2O2S/c1-10(14(17)18-3)8-16(2)9-13-15-11-6-4-5-7-12(11)19-13/h4-7,10H,8-9H2,1-3H3. The number of benzene rings is 1. The minimum atomic E-state index is -0.170. The molecule has 102 valence electrons. The summed E-state index contributed by atoms with van der Waals surface area (Å²) in [4.78, 5) is 18.1. The lowest BCUT2D eigenvalue weighted by molar-refractivity contribution is -0.145. The third kappa shape index (κ3) is 3.52. The maximum Gasteiger partial charge on any atom is 0.309 e. The van der Waals surface area contributed by atoms with Crippen molar-refractivity contribution in [2.75, 3.05) is 20.7 Å². The molecule has 4 nitrogen and oxygen atoms in total. The minimum absolute atomic E-state index is 0.121. The lowest BCUT2D eigenvalue weighted by Gasteiger charge is -2.18. The van der Waals surface area contributed by atoms with Gasteiger partial charge < -0.3 is 4.74 Å². The molecule has 1 aromatic carbocycles. The van der Waals surface area contributed by atoms with Crippen molar-refractivity contribution in [3.63, 3.8) is 0 Å². The van der Waals surface area contributed by atoms with Gasteiger partial charge in [-0.1, -0.05) is 19.1 Å². The molecule has 5 heteroatoms. The summed E-state index contributed by atoms with van der Waals surface area (Å²) in [7, 11) is 3.41. The van der Waals surface area contributed by atoms with E-state index in [1.54, 1.807) is 11.3 Å². The number of esters is 1. The van der Waals surface area contributed by atoms with E-state index in [4.69, 9.17) is 4.74 Å². The molecule has 1 heterocycles. The Hall–Kier alpha value is -1.46. The number of thiazole rings is 1. The van der Waals surface area contributed by atoms with Gasteiger partial charge in [0.15, 0.2) is 0 Å². The molecule has 1 unspecified atom stereocenters. The van der Waals surface area contributed by atoms with Crippen LogP contribution in [0.4, 0.5) is 0 Å². The average molecular weight is 278 g/mol. The molecule has 0 bridgehead atoms. The summed E-state index contributed by atoms with van der Waals surface area (Å²) < 4.78 is 5.93. The molecule has 2 aromatic rings. The quantitative estimate of drug-likeness (QED) is 0.788. The molecule has 19 heavy (non-hydrogen) atoms. The lowest BCUT2D eigenvalue weighted by Crippen LogP contribution is -2.29. The minimum Gasteiger partial charge on any atom is -0.469 e. The fraction of sp³-hybridized carbons (Fsp3) is 0.429. The number of carbonyl (C=O) groups excluding carboxylic acids is 1. The Balaban J connectivity index is 1.98. The smallest absolute Gasteiger partial charge is 0.309 e. The van der Waals surface area contributed by atoms with Crippen LogP contribution >= 0.6 is 11.3 Å². The van der Waals surface area contributed by atoms with Gasteiger partial charge in [-0.05, 0) is 19.2 Å². The number of hydrogen-bond donors (Lipinski definition) is 0. The fourth-order valence-electron chi connectivity index (χ4n) is 2.03. The van der Waals surface area contributed by atoms with Crippen molar-refractivity contribution >= 4 is 27.5 Å². The predicted molar refractivity (Wildman–Crippen MR) is 77.1 cm³/mol. The molecule has 0 amide bonds. The van der Waals surface area contributed by atoms with Crippen molar-refractivity contribution in [3.05, 3.63) is 29.3 Å². The highest BCUT2D eigenvalue weighted by Crippen LogP contribution is 2.22. The summed E-state index contributed by atoms with van der Waals surface area (Å²) >= 11 is 1.70. The van der Waals surface area contributed by atoms with E-state index in [-0.39, 0.29) is 11.9 Å².